The molecule has 0 radical (unpaired) electrons. The van der Waals surface area contributed by atoms with E-state index in [0.717, 1.165) is 38.8 Å². The summed E-state index contributed by atoms with van der Waals surface area (Å²) in [5, 5.41) is 2.28. The Balaban J connectivity index is 1.32. The van der Waals surface area contributed by atoms with E-state index < -0.39 is 0 Å². The van der Waals surface area contributed by atoms with Gasteiger partial charge in [-0.1, -0.05) is 120 Å². The lowest BCUT2D eigenvalue weighted by Crippen LogP contribution is -2.61. The molecule has 3 heterocycles. The van der Waals surface area contributed by atoms with Crippen molar-refractivity contribution in [2.45, 2.75) is 59.3 Å². The topological polar surface area (TPSA) is 19.6 Å². The van der Waals surface area contributed by atoms with E-state index >= 15 is 0 Å². The summed E-state index contributed by atoms with van der Waals surface area (Å²) < 4.78 is 6.47. The van der Waals surface area contributed by atoms with Crippen LogP contribution in [-0.2, 0) is 10.8 Å². The molecule has 0 saturated carbocycles. The molecular formula is C51H45BN2O. The molecule has 0 aliphatic carbocycles. The van der Waals surface area contributed by atoms with Crippen molar-refractivity contribution in [3.8, 4) is 11.1 Å². The highest BCUT2D eigenvalue weighted by molar-refractivity contribution is 7.00. The second-order valence-electron chi connectivity index (χ2n) is 17.6. The number of benzene rings is 7. The monoisotopic (exact) mass is 712 g/mol. The number of furan rings is 1. The first-order chi connectivity index (χ1) is 26.4. The van der Waals surface area contributed by atoms with Crippen molar-refractivity contribution < 1.29 is 4.42 Å². The predicted molar refractivity (Wildman–Crippen MR) is 235 cm³/mol. The quantitative estimate of drug-likeness (QED) is 0.170. The van der Waals surface area contributed by atoms with Crippen LogP contribution in [0.4, 0.5) is 34.1 Å². The number of rotatable bonds is 3. The van der Waals surface area contributed by atoms with Gasteiger partial charge in [-0.25, -0.2) is 0 Å². The lowest BCUT2D eigenvalue weighted by molar-refractivity contribution is 0.569. The van der Waals surface area contributed by atoms with Gasteiger partial charge in [0.25, 0.3) is 6.71 Å². The van der Waals surface area contributed by atoms with Crippen molar-refractivity contribution in [1.82, 2.24) is 0 Å². The summed E-state index contributed by atoms with van der Waals surface area (Å²) in [5.41, 5.74) is 19.1. The van der Waals surface area contributed by atoms with Crippen LogP contribution in [0.5, 0.6) is 0 Å². The van der Waals surface area contributed by atoms with Crippen LogP contribution in [-0.4, -0.2) is 6.71 Å². The van der Waals surface area contributed by atoms with E-state index in [1.807, 2.05) is 6.07 Å². The molecule has 4 heteroatoms. The minimum atomic E-state index is -0.0297. The average Bonchev–Trinajstić information content (AvgIpc) is 3.55. The molecule has 8 aromatic rings. The zero-order chi connectivity index (χ0) is 37.8. The van der Waals surface area contributed by atoms with Gasteiger partial charge in [0, 0.05) is 44.9 Å². The van der Waals surface area contributed by atoms with Crippen LogP contribution in [0.2, 0.25) is 0 Å². The summed E-state index contributed by atoms with van der Waals surface area (Å²) in [7, 11) is 0. The summed E-state index contributed by atoms with van der Waals surface area (Å²) >= 11 is 0. The van der Waals surface area contributed by atoms with Gasteiger partial charge < -0.3 is 14.2 Å². The molecule has 0 atom stereocenters. The first-order valence-corrected chi connectivity index (χ1v) is 19.5. The number of nitrogens with zero attached hydrogens (tertiary/aromatic N) is 2. The van der Waals surface area contributed by atoms with Crippen molar-refractivity contribution in [1.29, 1.82) is 0 Å². The second kappa shape index (κ2) is 12.0. The van der Waals surface area contributed by atoms with Gasteiger partial charge >= 0.3 is 0 Å². The van der Waals surface area contributed by atoms with Crippen molar-refractivity contribution in [3.63, 3.8) is 0 Å². The number of para-hydroxylation sites is 3. The highest BCUT2D eigenvalue weighted by Crippen LogP contribution is 2.47. The second-order valence-corrected chi connectivity index (χ2v) is 17.6. The van der Waals surface area contributed by atoms with E-state index in [-0.39, 0.29) is 17.5 Å². The van der Waals surface area contributed by atoms with Crippen LogP contribution in [0.3, 0.4) is 0 Å². The molecule has 0 bridgehead atoms. The molecule has 0 unspecified atom stereocenters. The maximum Gasteiger partial charge on any atom is 0.252 e. The number of anilines is 6. The fraction of sp³-hybridized carbons (Fsp3) is 0.176. The molecule has 0 N–H and O–H groups in total. The number of hydrogen-bond acceptors (Lipinski definition) is 3. The van der Waals surface area contributed by atoms with E-state index in [0.29, 0.717) is 0 Å². The zero-order valence-electron chi connectivity index (χ0n) is 32.7. The summed E-state index contributed by atoms with van der Waals surface area (Å²) in [6.07, 6.45) is 0. The van der Waals surface area contributed by atoms with Crippen LogP contribution in [0.15, 0.2) is 150 Å². The Bertz CT molecular complexity index is 2790. The van der Waals surface area contributed by atoms with E-state index in [1.54, 1.807) is 0 Å². The molecule has 1 aromatic heterocycles. The lowest BCUT2D eigenvalue weighted by atomic mass is 9.33. The van der Waals surface area contributed by atoms with Gasteiger partial charge in [-0.05, 0) is 129 Å². The van der Waals surface area contributed by atoms with Gasteiger partial charge in [0.2, 0.25) is 0 Å². The molecule has 268 valence electrons. The number of aryl methyl sites for hydroxylation is 1. The Kier molecular flexibility index (Phi) is 7.32. The van der Waals surface area contributed by atoms with Crippen LogP contribution in [0.1, 0.15) is 58.2 Å². The summed E-state index contributed by atoms with van der Waals surface area (Å²) in [6, 6.07) is 54.2. The predicted octanol–water partition coefficient (Wildman–Crippen LogP) is 12.2. The molecule has 55 heavy (non-hydrogen) atoms. The number of hydrogen-bond donors (Lipinski definition) is 0. The highest BCUT2D eigenvalue weighted by atomic mass is 16.3. The summed E-state index contributed by atoms with van der Waals surface area (Å²) in [6.45, 7) is 16.2. The third-order valence-electron chi connectivity index (χ3n) is 11.8. The van der Waals surface area contributed by atoms with Crippen LogP contribution < -0.4 is 26.2 Å². The minimum absolute atomic E-state index is 0.0297. The lowest BCUT2D eigenvalue weighted by Gasteiger charge is -2.45. The van der Waals surface area contributed by atoms with Gasteiger partial charge in [0.15, 0.2) is 0 Å². The van der Waals surface area contributed by atoms with Crippen LogP contribution in [0.25, 0.3) is 33.1 Å². The Morgan fingerprint density at radius 1 is 0.455 bits per heavy atom. The fourth-order valence-corrected chi connectivity index (χ4v) is 8.87. The van der Waals surface area contributed by atoms with Gasteiger partial charge in [0.1, 0.15) is 11.2 Å². The third kappa shape index (κ3) is 5.33. The van der Waals surface area contributed by atoms with E-state index in [9.17, 15) is 0 Å². The standard InChI is InChI=1S/C51H45BN2O/c1-32-21-24-42-44(25-32)53(37-15-9-8-10-16-37)45-26-34(33-22-23-40-39-17-11-14-20-47(39)55-48(40)28-33)27-46-49(45)52(42)41-18-12-13-19-43(41)54(46)38-30-35(50(2,3)4)29-36(31-38)51(5,6)7/h8-31H,1-7H3. The molecule has 2 aliphatic heterocycles. The molecule has 0 amide bonds. The average molecular weight is 713 g/mol. The smallest absolute Gasteiger partial charge is 0.252 e. The van der Waals surface area contributed by atoms with Crippen LogP contribution in [0, 0.1) is 6.92 Å². The first kappa shape index (κ1) is 33.6. The first-order valence-electron chi connectivity index (χ1n) is 19.5. The maximum atomic E-state index is 6.47. The largest absolute Gasteiger partial charge is 0.456 e. The molecule has 7 aromatic carbocycles. The third-order valence-corrected chi connectivity index (χ3v) is 11.8. The van der Waals surface area contributed by atoms with Crippen molar-refractivity contribution in [2.75, 3.05) is 9.80 Å². The summed E-state index contributed by atoms with van der Waals surface area (Å²) in [4.78, 5) is 5.06. The Morgan fingerprint density at radius 3 is 1.80 bits per heavy atom. The Labute approximate surface area is 324 Å². The minimum Gasteiger partial charge on any atom is -0.456 e. The van der Waals surface area contributed by atoms with Crippen molar-refractivity contribution >= 4 is 79.2 Å². The van der Waals surface area contributed by atoms with Gasteiger partial charge in [-0.15, -0.1) is 0 Å². The van der Waals surface area contributed by atoms with Crippen LogP contribution >= 0.6 is 0 Å². The normalized spacial score (nSPS) is 13.6. The molecule has 0 spiro atoms. The van der Waals surface area contributed by atoms with E-state index in [2.05, 4.69) is 198 Å². The van der Waals surface area contributed by atoms with Gasteiger partial charge in [0.05, 0.1) is 0 Å². The molecule has 3 nitrogen and oxygen atoms in total. The molecule has 0 saturated heterocycles. The zero-order valence-corrected chi connectivity index (χ0v) is 32.7. The molecule has 0 fully saturated rings. The SMILES string of the molecule is Cc1ccc2c(c1)N(c1ccccc1)c1cc(-c3ccc4c(c3)oc3ccccc34)cc3c1B2c1ccccc1N3c1cc(C(C)(C)C)cc(C(C)(C)C)c1. The Hall–Kier alpha value is -6.00. The van der Waals surface area contributed by atoms with Crippen molar-refractivity contribution in [2.24, 2.45) is 0 Å². The van der Waals surface area contributed by atoms with Gasteiger partial charge in [-0.3, -0.25) is 0 Å². The Morgan fingerprint density at radius 2 is 1.07 bits per heavy atom. The fourth-order valence-electron chi connectivity index (χ4n) is 8.87. The molecule has 2 aliphatic rings. The van der Waals surface area contributed by atoms with Gasteiger partial charge in [-0.2, -0.15) is 0 Å². The maximum absolute atomic E-state index is 6.47. The van der Waals surface area contributed by atoms with E-state index in [4.69, 9.17) is 4.42 Å². The highest BCUT2D eigenvalue weighted by Gasteiger charge is 2.43. The molecule has 10 rings (SSSR count). The molecular weight excluding hydrogens is 667 g/mol. The summed E-state index contributed by atoms with van der Waals surface area (Å²) in [5.74, 6) is 0. The van der Waals surface area contributed by atoms with Crippen molar-refractivity contribution in [3.05, 3.63) is 162 Å². The number of fused-ring (bicyclic) bond motifs is 7. The van der Waals surface area contributed by atoms with E-state index in [1.165, 1.54) is 61.5 Å².